The van der Waals surface area contributed by atoms with Crippen molar-refractivity contribution in [1.29, 1.82) is 0 Å². The molecule has 2 unspecified atom stereocenters. The zero-order chi connectivity index (χ0) is 33.6. The predicted octanol–water partition coefficient (Wildman–Crippen LogP) is 10.8. The molecule has 0 radical (unpaired) electrons. The van der Waals surface area contributed by atoms with Crippen molar-refractivity contribution < 1.29 is 34.4 Å². The van der Waals surface area contributed by atoms with Crippen LogP contribution in [0.2, 0.25) is 0 Å². The van der Waals surface area contributed by atoms with Crippen molar-refractivity contribution in [2.45, 2.75) is 219 Å². The molecule has 0 saturated heterocycles. The Bertz CT molecular complexity index is 723. The molecule has 0 aliphatic heterocycles. The maximum Gasteiger partial charge on any atom is 0.336 e. The first kappa shape index (κ1) is 43.4. The van der Waals surface area contributed by atoms with Crippen LogP contribution in [0.3, 0.4) is 0 Å². The van der Waals surface area contributed by atoms with E-state index in [-0.39, 0.29) is 6.10 Å². The van der Waals surface area contributed by atoms with Gasteiger partial charge in [-0.05, 0) is 31.6 Å². The SMILES string of the molecule is CCCCCCCCCCCCCCCCC(CCCCCCCCCCCCC(C)C)OC(=O)CC(O)(CC(=O)O)C(=O)O. The number of ether oxygens (including phenoxy) is 1. The average Bonchev–Trinajstić information content (AvgIpc) is 2.96. The van der Waals surface area contributed by atoms with Gasteiger partial charge in [0.2, 0.25) is 0 Å². The molecule has 0 aromatic rings. The van der Waals surface area contributed by atoms with Gasteiger partial charge < -0.3 is 20.1 Å². The van der Waals surface area contributed by atoms with E-state index < -0.39 is 36.4 Å². The van der Waals surface area contributed by atoms with Gasteiger partial charge in [0.05, 0.1) is 12.8 Å². The lowest BCUT2D eigenvalue weighted by atomic mass is 9.95. The number of rotatable bonds is 34. The molecule has 0 aliphatic rings. The molecule has 0 aromatic carbocycles. The normalized spacial score (nSPS) is 13.5. The Morgan fingerprint density at radius 3 is 1.18 bits per heavy atom. The van der Waals surface area contributed by atoms with Gasteiger partial charge in [-0.15, -0.1) is 0 Å². The van der Waals surface area contributed by atoms with Crippen LogP contribution < -0.4 is 0 Å². The number of esters is 1. The Balaban J connectivity index is 4.35. The second-order valence-corrected chi connectivity index (χ2v) is 14.1. The quantitative estimate of drug-likeness (QED) is 0.0472. The van der Waals surface area contributed by atoms with Crippen molar-refractivity contribution in [3.63, 3.8) is 0 Å². The van der Waals surface area contributed by atoms with Gasteiger partial charge in [0, 0.05) is 0 Å². The molecule has 7 nitrogen and oxygen atoms in total. The van der Waals surface area contributed by atoms with E-state index in [1.165, 1.54) is 122 Å². The molecule has 0 saturated carbocycles. The van der Waals surface area contributed by atoms with Crippen LogP contribution in [0, 0.1) is 5.92 Å². The molecule has 266 valence electrons. The van der Waals surface area contributed by atoms with Gasteiger partial charge in [-0.1, -0.05) is 168 Å². The topological polar surface area (TPSA) is 121 Å². The Hall–Kier alpha value is -1.63. The zero-order valence-corrected chi connectivity index (χ0v) is 29.6. The fourth-order valence-corrected chi connectivity index (χ4v) is 6.10. The number of hydrogen-bond acceptors (Lipinski definition) is 5. The third kappa shape index (κ3) is 28.3. The summed E-state index contributed by atoms with van der Waals surface area (Å²) < 4.78 is 5.64. The molecule has 2 atom stereocenters. The number of carboxylic acid groups (broad SMARTS) is 2. The lowest BCUT2D eigenvalue weighted by Crippen LogP contribution is -2.43. The van der Waals surface area contributed by atoms with Crippen molar-refractivity contribution in [3.05, 3.63) is 0 Å². The number of carbonyl (C=O) groups is 3. The molecule has 0 spiro atoms. The minimum atomic E-state index is -2.66. The van der Waals surface area contributed by atoms with E-state index in [9.17, 15) is 24.6 Å². The summed E-state index contributed by atoms with van der Waals surface area (Å²) in [6.45, 7) is 6.83. The monoisotopic (exact) mass is 641 g/mol. The van der Waals surface area contributed by atoms with Crippen LogP contribution in [0.25, 0.3) is 0 Å². The summed E-state index contributed by atoms with van der Waals surface area (Å²) in [5, 5.41) is 28.6. The summed E-state index contributed by atoms with van der Waals surface area (Å²) in [4.78, 5) is 35.1. The lowest BCUT2D eigenvalue weighted by molar-refractivity contribution is -0.173. The first-order valence-corrected chi connectivity index (χ1v) is 19.0. The van der Waals surface area contributed by atoms with Crippen LogP contribution in [0.4, 0.5) is 0 Å². The van der Waals surface area contributed by atoms with Crippen LogP contribution in [0.5, 0.6) is 0 Å². The van der Waals surface area contributed by atoms with E-state index in [2.05, 4.69) is 20.8 Å². The van der Waals surface area contributed by atoms with Crippen LogP contribution >= 0.6 is 0 Å². The predicted molar refractivity (Wildman–Crippen MR) is 185 cm³/mol. The van der Waals surface area contributed by atoms with Crippen LogP contribution in [-0.4, -0.2) is 44.9 Å². The molecule has 3 N–H and O–H groups in total. The maximum atomic E-state index is 12.6. The van der Waals surface area contributed by atoms with Gasteiger partial charge in [-0.25, -0.2) is 4.79 Å². The summed E-state index contributed by atoms with van der Waals surface area (Å²) in [6.07, 6.45) is 30.6. The molecule has 0 amide bonds. The highest BCUT2D eigenvalue weighted by molar-refractivity contribution is 5.88. The van der Waals surface area contributed by atoms with E-state index in [0.29, 0.717) is 12.8 Å². The lowest BCUT2D eigenvalue weighted by Gasteiger charge is -2.23. The van der Waals surface area contributed by atoms with Gasteiger partial charge >= 0.3 is 17.9 Å². The van der Waals surface area contributed by atoms with Gasteiger partial charge in [0.25, 0.3) is 0 Å². The van der Waals surface area contributed by atoms with Gasteiger partial charge in [-0.3, -0.25) is 9.59 Å². The molecule has 0 aliphatic carbocycles. The maximum absolute atomic E-state index is 12.6. The van der Waals surface area contributed by atoms with Crippen molar-refractivity contribution in [1.82, 2.24) is 0 Å². The summed E-state index contributed by atoms with van der Waals surface area (Å²) in [6, 6.07) is 0. The third-order valence-corrected chi connectivity index (χ3v) is 9.01. The van der Waals surface area contributed by atoms with E-state index in [1.54, 1.807) is 0 Å². The van der Waals surface area contributed by atoms with Crippen molar-refractivity contribution in [2.24, 2.45) is 5.92 Å². The molecule has 0 heterocycles. The number of aliphatic carboxylic acids is 2. The Morgan fingerprint density at radius 1 is 0.533 bits per heavy atom. The van der Waals surface area contributed by atoms with Crippen molar-refractivity contribution in [2.75, 3.05) is 0 Å². The second-order valence-electron chi connectivity index (χ2n) is 14.1. The summed E-state index contributed by atoms with van der Waals surface area (Å²) >= 11 is 0. The standard InChI is InChI=1S/C38H72O7/c1-4-5-6-7-8-9-10-11-12-13-17-20-23-26-29-34(45-36(41)32-38(44,37(42)43)31-35(39)40)30-27-24-21-18-15-14-16-19-22-25-28-33(2)3/h33-34,44H,4-32H2,1-3H3,(H,39,40)(H,42,43). The Labute approximate surface area is 276 Å². The first-order chi connectivity index (χ1) is 21.6. The highest BCUT2D eigenvalue weighted by Gasteiger charge is 2.41. The summed E-state index contributed by atoms with van der Waals surface area (Å²) in [7, 11) is 0. The summed E-state index contributed by atoms with van der Waals surface area (Å²) in [5.74, 6) is -3.24. The molecule has 0 aromatic heterocycles. The third-order valence-electron chi connectivity index (χ3n) is 9.01. The number of carbonyl (C=O) groups excluding carboxylic acids is 1. The molecule has 0 fully saturated rings. The van der Waals surface area contributed by atoms with E-state index in [0.717, 1.165) is 44.4 Å². The molecular weight excluding hydrogens is 568 g/mol. The van der Waals surface area contributed by atoms with Gasteiger partial charge in [-0.2, -0.15) is 0 Å². The molecule has 45 heavy (non-hydrogen) atoms. The number of aliphatic hydroxyl groups is 1. The molecule has 0 bridgehead atoms. The molecular formula is C38H72O7. The molecule has 0 rings (SSSR count). The second kappa shape index (κ2) is 29.8. The van der Waals surface area contributed by atoms with Crippen LogP contribution in [0.15, 0.2) is 0 Å². The number of hydrogen-bond donors (Lipinski definition) is 3. The van der Waals surface area contributed by atoms with Crippen LogP contribution in [0.1, 0.15) is 207 Å². The summed E-state index contributed by atoms with van der Waals surface area (Å²) in [5.41, 5.74) is -2.66. The number of unbranched alkanes of at least 4 members (excludes halogenated alkanes) is 22. The minimum absolute atomic E-state index is 0.330. The fraction of sp³-hybridized carbons (Fsp3) is 0.921. The van der Waals surface area contributed by atoms with E-state index >= 15 is 0 Å². The van der Waals surface area contributed by atoms with E-state index in [1.807, 2.05) is 0 Å². The largest absolute Gasteiger partial charge is 0.481 e. The van der Waals surface area contributed by atoms with Gasteiger partial charge in [0.15, 0.2) is 5.60 Å². The average molecular weight is 641 g/mol. The van der Waals surface area contributed by atoms with Crippen molar-refractivity contribution >= 4 is 17.9 Å². The van der Waals surface area contributed by atoms with E-state index in [4.69, 9.17) is 9.84 Å². The fourth-order valence-electron chi connectivity index (χ4n) is 6.10. The van der Waals surface area contributed by atoms with Gasteiger partial charge in [0.1, 0.15) is 6.10 Å². The Morgan fingerprint density at radius 2 is 0.867 bits per heavy atom. The zero-order valence-electron chi connectivity index (χ0n) is 29.6. The molecule has 7 heteroatoms. The highest BCUT2D eigenvalue weighted by atomic mass is 16.5. The van der Waals surface area contributed by atoms with Crippen molar-refractivity contribution in [3.8, 4) is 0 Å². The minimum Gasteiger partial charge on any atom is -0.481 e. The number of carboxylic acids is 2. The Kier molecular flexibility index (Phi) is 28.7. The smallest absolute Gasteiger partial charge is 0.336 e. The highest BCUT2D eigenvalue weighted by Crippen LogP contribution is 2.22. The van der Waals surface area contributed by atoms with Crippen LogP contribution in [-0.2, 0) is 19.1 Å². The first-order valence-electron chi connectivity index (χ1n) is 19.0.